The molecule has 0 bridgehead atoms. The lowest BCUT2D eigenvalue weighted by atomic mass is 10.1. The summed E-state index contributed by atoms with van der Waals surface area (Å²) >= 11 is 11.8. The zero-order valence-corrected chi connectivity index (χ0v) is 13.8. The molecule has 0 saturated carbocycles. The smallest absolute Gasteiger partial charge is 0.194 e. The highest BCUT2D eigenvalue weighted by atomic mass is 35.5. The number of hydrogen-bond acceptors (Lipinski definition) is 4. The highest BCUT2D eigenvalue weighted by molar-refractivity contribution is 6.35. The maximum atomic E-state index is 12.3. The number of aromatic amines is 1. The fourth-order valence-corrected chi connectivity index (χ4v) is 2.68. The fourth-order valence-electron chi connectivity index (χ4n) is 2.22. The lowest BCUT2D eigenvalue weighted by molar-refractivity contribution is -0.121. The normalized spacial score (nSPS) is 11.9. The van der Waals surface area contributed by atoms with Crippen molar-refractivity contribution in [1.82, 2.24) is 9.97 Å². The zero-order valence-electron chi connectivity index (χ0n) is 12.3. The molecule has 0 aliphatic rings. The van der Waals surface area contributed by atoms with Crippen LogP contribution >= 0.6 is 23.2 Å². The van der Waals surface area contributed by atoms with Gasteiger partial charge in [0.15, 0.2) is 11.7 Å². The molecule has 0 aliphatic carbocycles. The average Bonchev–Trinajstić information content (AvgIpc) is 2.98. The number of rotatable bonds is 5. The van der Waals surface area contributed by atoms with Gasteiger partial charge in [0.25, 0.3) is 0 Å². The largest absolute Gasteiger partial charge is 0.484 e. The average molecular weight is 360 g/mol. The van der Waals surface area contributed by atoms with E-state index in [2.05, 4.69) is 9.97 Å². The molecule has 0 radical (unpaired) electrons. The number of fused-ring (bicyclic) bond motifs is 1. The number of carbonyl (C=O) groups is 1. The topological polar surface area (TPSA) is 78.8 Å². The first-order valence-corrected chi connectivity index (χ1v) is 7.79. The summed E-state index contributed by atoms with van der Waals surface area (Å²) in [4.78, 5) is 19.6. The van der Waals surface area contributed by atoms with E-state index in [-0.39, 0.29) is 6.61 Å². The summed E-state index contributed by atoms with van der Waals surface area (Å²) in [5.41, 5.74) is 1.46. The Hall–Kier alpha value is -2.55. The van der Waals surface area contributed by atoms with E-state index in [4.69, 9.17) is 27.9 Å². The van der Waals surface area contributed by atoms with Gasteiger partial charge in [0, 0.05) is 5.02 Å². The third-order valence-corrected chi connectivity index (χ3v) is 3.93. The van der Waals surface area contributed by atoms with Gasteiger partial charge in [-0.25, -0.2) is 4.98 Å². The van der Waals surface area contributed by atoms with Gasteiger partial charge in [-0.05, 0) is 30.3 Å². The number of carbonyl (C=O) groups excluding carboxylic acids is 1. The number of ether oxygens (including phenoxy) is 1. The monoisotopic (exact) mass is 359 g/mol. The van der Waals surface area contributed by atoms with E-state index < -0.39 is 11.7 Å². The third kappa shape index (κ3) is 3.35. The number of hydrogen-bond donors (Lipinski definition) is 1. The van der Waals surface area contributed by atoms with Gasteiger partial charge < -0.3 is 9.72 Å². The molecule has 24 heavy (non-hydrogen) atoms. The van der Waals surface area contributed by atoms with Gasteiger partial charge >= 0.3 is 0 Å². The van der Waals surface area contributed by atoms with Crippen molar-refractivity contribution in [3.8, 4) is 11.8 Å². The summed E-state index contributed by atoms with van der Waals surface area (Å²) in [6.45, 7) is -0.295. The van der Waals surface area contributed by atoms with Crippen LogP contribution in [0.1, 0.15) is 11.7 Å². The second-order valence-corrected chi connectivity index (χ2v) is 5.87. The maximum Gasteiger partial charge on any atom is 0.194 e. The van der Waals surface area contributed by atoms with Crippen LogP contribution in [0.4, 0.5) is 0 Å². The minimum atomic E-state index is -1.04. The van der Waals surface area contributed by atoms with E-state index in [1.54, 1.807) is 18.2 Å². The van der Waals surface area contributed by atoms with E-state index in [0.717, 1.165) is 5.52 Å². The Morgan fingerprint density at radius 1 is 1.29 bits per heavy atom. The van der Waals surface area contributed by atoms with E-state index in [0.29, 0.717) is 27.1 Å². The molecular formula is C17H11Cl2N3O2. The number of aromatic nitrogens is 2. The second kappa shape index (κ2) is 6.91. The van der Waals surface area contributed by atoms with E-state index >= 15 is 0 Å². The molecule has 1 atom stereocenters. The number of benzene rings is 2. The van der Waals surface area contributed by atoms with E-state index in [9.17, 15) is 10.1 Å². The summed E-state index contributed by atoms with van der Waals surface area (Å²) in [5, 5.41) is 10.1. The Labute approximate surface area is 147 Å². The third-order valence-electron chi connectivity index (χ3n) is 3.40. The van der Waals surface area contributed by atoms with Crippen LogP contribution in [0.15, 0.2) is 42.5 Å². The minimum Gasteiger partial charge on any atom is -0.484 e. The first-order valence-electron chi connectivity index (χ1n) is 7.03. The lowest BCUT2D eigenvalue weighted by Crippen LogP contribution is -2.20. The van der Waals surface area contributed by atoms with Crippen molar-refractivity contribution >= 4 is 40.0 Å². The Morgan fingerprint density at radius 2 is 2.08 bits per heavy atom. The first-order chi connectivity index (χ1) is 11.6. The quantitative estimate of drug-likeness (QED) is 0.742. The first kappa shape index (κ1) is 16.3. The predicted octanol–water partition coefficient (Wildman–Crippen LogP) is 4.12. The lowest BCUT2D eigenvalue weighted by Gasteiger charge is -2.09. The molecule has 3 aromatic rings. The minimum absolute atomic E-state index is 0.295. The van der Waals surface area contributed by atoms with Gasteiger partial charge in [0.05, 0.1) is 22.1 Å². The number of nitrogens with zero attached hydrogens (tertiary/aromatic N) is 2. The zero-order chi connectivity index (χ0) is 17.1. The molecule has 7 heteroatoms. The molecule has 1 N–H and O–H groups in total. The summed E-state index contributed by atoms with van der Waals surface area (Å²) in [7, 11) is 0. The molecular weight excluding hydrogens is 349 g/mol. The number of Topliss-reactive ketones (excluding diaryl/α,β-unsaturated/α-hetero) is 1. The SMILES string of the molecule is N#C[C@@H](C(=O)COc1ccc(Cl)cc1Cl)c1nc2ccccc2[nH]1. The Kier molecular flexibility index (Phi) is 4.70. The van der Waals surface area contributed by atoms with Crippen molar-refractivity contribution in [1.29, 1.82) is 5.26 Å². The Morgan fingerprint density at radius 3 is 2.79 bits per heavy atom. The van der Waals surface area contributed by atoms with Gasteiger partial charge in [-0.3, -0.25) is 4.79 Å². The summed E-state index contributed by atoms with van der Waals surface area (Å²) in [5.74, 6) is -0.823. The molecule has 120 valence electrons. The van der Waals surface area contributed by atoms with Crippen molar-refractivity contribution in [2.24, 2.45) is 0 Å². The highest BCUT2D eigenvalue weighted by Crippen LogP contribution is 2.28. The maximum absolute atomic E-state index is 12.3. The molecule has 3 rings (SSSR count). The number of ketones is 1. The predicted molar refractivity (Wildman–Crippen MR) is 91.4 cm³/mol. The number of halogens is 2. The summed E-state index contributed by atoms with van der Waals surface area (Å²) in [6.07, 6.45) is 0. The molecule has 2 aromatic carbocycles. The van der Waals surface area contributed by atoms with E-state index in [1.165, 1.54) is 6.07 Å². The van der Waals surface area contributed by atoms with Gasteiger partial charge in [-0.2, -0.15) is 5.26 Å². The van der Waals surface area contributed by atoms with Crippen molar-refractivity contribution < 1.29 is 9.53 Å². The van der Waals surface area contributed by atoms with Gasteiger partial charge in [0.2, 0.25) is 0 Å². The van der Waals surface area contributed by atoms with Gasteiger partial charge in [0.1, 0.15) is 18.2 Å². The van der Waals surface area contributed by atoms with Crippen molar-refractivity contribution in [3.05, 3.63) is 58.3 Å². The van der Waals surface area contributed by atoms with Crippen LogP contribution < -0.4 is 4.74 Å². The molecule has 0 unspecified atom stereocenters. The molecule has 1 heterocycles. The molecule has 0 fully saturated rings. The Balaban J connectivity index is 1.75. The number of nitriles is 1. The van der Waals surface area contributed by atoms with Crippen LogP contribution in [0.3, 0.4) is 0 Å². The van der Waals surface area contributed by atoms with Crippen molar-refractivity contribution in [2.75, 3.05) is 6.61 Å². The molecule has 0 saturated heterocycles. The molecule has 5 nitrogen and oxygen atoms in total. The number of imidazole rings is 1. The second-order valence-electron chi connectivity index (χ2n) is 5.03. The summed E-state index contributed by atoms with van der Waals surface area (Å²) in [6, 6.07) is 14.0. The van der Waals surface area contributed by atoms with Crippen LogP contribution in [0, 0.1) is 11.3 Å². The van der Waals surface area contributed by atoms with Crippen molar-refractivity contribution in [2.45, 2.75) is 5.92 Å². The van der Waals surface area contributed by atoms with Crippen LogP contribution in [0.5, 0.6) is 5.75 Å². The van der Waals surface area contributed by atoms with Crippen LogP contribution in [0.25, 0.3) is 11.0 Å². The van der Waals surface area contributed by atoms with Gasteiger partial charge in [-0.15, -0.1) is 0 Å². The van der Waals surface area contributed by atoms with Crippen LogP contribution in [-0.2, 0) is 4.79 Å². The molecule has 0 amide bonds. The molecule has 1 aromatic heterocycles. The number of nitrogens with one attached hydrogen (secondary N) is 1. The van der Waals surface area contributed by atoms with Gasteiger partial charge in [-0.1, -0.05) is 35.3 Å². The van der Waals surface area contributed by atoms with E-state index in [1.807, 2.05) is 24.3 Å². The molecule has 0 aliphatic heterocycles. The number of para-hydroxylation sites is 2. The van der Waals surface area contributed by atoms with Crippen LogP contribution in [0.2, 0.25) is 10.0 Å². The van der Waals surface area contributed by atoms with Crippen LogP contribution in [-0.4, -0.2) is 22.4 Å². The summed E-state index contributed by atoms with van der Waals surface area (Å²) < 4.78 is 5.40. The molecule has 0 spiro atoms. The standard InChI is InChI=1S/C17H11Cl2N3O2/c18-10-5-6-16(12(19)7-10)24-9-15(23)11(8-20)17-21-13-3-1-2-4-14(13)22-17/h1-7,11H,9H2,(H,21,22)/t11-/m0/s1. The van der Waals surface area contributed by atoms with Crippen molar-refractivity contribution in [3.63, 3.8) is 0 Å². The highest BCUT2D eigenvalue weighted by Gasteiger charge is 2.24. The Bertz CT molecular complexity index is 913. The number of H-pyrrole nitrogens is 1. The fraction of sp³-hybridized carbons (Fsp3) is 0.118.